The number of carbonyl (C=O) groups is 1. The summed E-state index contributed by atoms with van der Waals surface area (Å²) in [7, 11) is -3.52. The van der Waals surface area contributed by atoms with Gasteiger partial charge in [0.15, 0.2) is 6.10 Å². The Labute approximate surface area is 188 Å². The molecule has 2 aliphatic heterocycles. The average molecular weight is 464 g/mol. The summed E-state index contributed by atoms with van der Waals surface area (Å²) in [5, 5.41) is 0.686. The van der Waals surface area contributed by atoms with Crippen molar-refractivity contribution in [3.8, 4) is 5.75 Å². The van der Waals surface area contributed by atoms with Gasteiger partial charge in [-0.2, -0.15) is 0 Å². The van der Waals surface area contributed by atoms with Gasteiger partial charge in [0.05, 0.1) is 18.0 Å². The molecule has 9 heteroatoms. The number of hydrogen-bond donors (Lipinski definition) is 0. The monoisotopic (exact) mass is 463 g/mol. The number of sulfonamides is 1. The molecule has 2 aliphatic rings. The van der Waals surface area contributed by atoms with E-state index in [1.165, 1.54) is 4.31 Å². The Hall–Kier alpha value is -2.45. The van der Waals surface area contributed by atoms with Crippen LogP contribution in [0.2, 0.25) is 5.02 Å². The predicted molar refractivity (Wildman–Crippen MR) is 123 cm³/mol. The zero-order valence-electron chi connectivity index (χ0n) is 17.6. The Balaban J connectivity index is 1.49. The second kappa shape index (κ2) is 8.59. The third-order valence-electron chi connectivity index (χ3n) is 5.81. The maximum Gasteiger partial charge on any atom is 0.265 e. The number of nitrogens with zero attached hydrogens (tertiary/aromatic N) is 3. The van der Waals surface area contributed by atoms with Gasteiger partial charge in [0.25, 0.3) is 5.91 Å². The first-order valence-corrected chi connectivity index (χ1v) is 12.3. The van der Waals surface area contributed by atoms with E-state index in [1.807, 2.05) is 25.1 Å². The molecule has 1 amide bonds. The molecule has 1 fully saturated rings. The number of aryl methyl sites for hydroxylation is 1. The zero-order valence-corrected chi connectivity index (χ0v) is 19.2. The molecule has 0 bridgehead atoms. The minimum absolute atomic E-state index is 0.0143. The SMILES string of the molecule is CCS(=O)(=O)N1C[C@H](C(=O)N2CCN(c3cc(Cl)ccc3C)CC2)Oc2ccccc21. The van der Waals surface area contributed by atoms with Crippen LogP contribution in [0.5, 0.6) is 5.75 Å². The minimum atomic E-state index is -3.52. The molecule has 166 valence electrons. The summed E-state index contributed by atoms with van der Waals surface area (Å²) < 4.78 is 32.5. The molecular weight excluding hydrogens is 438 g/mol. The second-order valence-corrected chi connectivity index (χ2v) is 10.4. The van der Waals surface area contributed by atoms with Gasteiger partial charge in [-0.25, -0.2) is 8.42 Å². The lowest BCUT2D eigenvalue weighted by Crippen LogP contribution is -2.56. The fourth-order valence-electron chi connectivity index (χ4n) is 4.04. The highest BCUT2D eigenvalue weighted by molar-refractivity contribution is 7.92. The quantitative estimate of drug-likeness (QED) is 0.697. The van der Waals surface area contributed by atoms with Crippen LogP contribution in [-0.4, -0.2) is 63.8 Å². The minimum Gasteiger partial charge on any atom is -0.476 e. The van der Waals surface area contributed by atoms with Crippen molar-refractivity contribution in [1.82, 2.24) is 4.90 Å². The van der Waals surface area contributed by atoms with Crippen LogP contribution < -0.4 is 13.9 Å². The van der Waals surface area contributed by atoms with Crippen molar-refractivity contribution in [3.63, 3.8) is 0 Å². The standard InChI is InChI=1S/C22H26ClN3O4S/c1-3-31(28,29)26-15-21(30-20-7-5-4-6-18(20)26)22(27)25-12-10-24(11-13-25)19-14-17(23)9-8-16(19)2/h4-9,14,21H,3,10-13,15H2,1-2H3/t21-/m1/s1. The molecule has 0 aliphatic carbocycles. The summed E-state index contributed by atoms with van der Waals surface area (Å²) in [6, 6.07) is 12.7. The van der Waals surface area contributed by atoms with Gasteiger partial charge < -0.3 is 14.5 Å². The first kappa shape index (κ1) is 21.8. The lowest BCUT2D eigenvalue weighted by Gasteiger charge is -2.40. The van der Waals surface area contributed by atoms with Crippen molar-refractivity contribution in [2.24, 2.45) is 0 Å². The molecular formula is C22H26ClN3O4S. The van der Waals surface area contributed by atoms with E-state index in [2.05, 4.69) is 4.90 Å². The molecule has 1 atom stereocenters. The molecule has 7 nitrogen and oxygen atoms in total. The summed E-state index contributed by atoms with van der Waals surface area (Å²) in [5.41, 5.74) is 2.69. The fraction of sp³-hybridized carbons (Fsp3) is 0.409. The summed E-state index contributed by atoms with van der Waals surface area (Å²) in [5.74, 6) is 0.186. The zero-order chi connectivity index (χ0) is 22.2. The second-order valence-electron chi connectivity index (χ2n) is 7.75. The lowest BCUT2D eigenvalue weighted by atomic mass is 10.1. The van der Waals surface area contributed by atoms with Crippen molar-refractivity contribution in [2.75, 3.05) is 47.7 Å². The van der Waals surface area contributed by atoms with Crippen LogP contribution in [0.3, 0.4) is 0 Å². The van der Waals surface area contributed by atoms with Crippen LogP contribution in [0.1, 0.15) is 12.5 Å². The number of carbonyl (C=O) groups excluding carboxylic acids is 1. The van der Waals surface area contributed by atoms with Crippen molar-refractivity contribution >= 4 is 38.9 Å². The number of fused-ring (bicyclic) bond motifs is 1. The molecule has 0 aromatic heterocycles. The number of rotatable bonds is 4. The van der Waals surface area contributed by atoms with Crippen LogP contribution in [-0.2, 0) is 14.8 Å². The number of amides is 1. The highest BCUT2D eigenvalue weighted by Crippen LogP contribution is 2.35. The highest BCUT2D eigenvalue weighted by atomic mass is 35.5. The highest BCUT2D eigenvalue weighted by Gasteiger charge is 2.38. The average Bonchev–Trinajstić information content (AvgIpc) is 2.79. The van der Waals surface area contributed by atoms with E-state index in [4.69, 9.17) is 16.3 Å². The van der Waals surface area contributed by atoms with E-state index in [-0.39, 0.29) is 18.2 Å². The molecule has 31 heavy (non-hydrogen) atoms. The molecule has 2 aromatic carbocycles. The van der Waals surface area contributed by atoms with E-state index in [0.717, 1.165) is 11.3 Å². The van der Waals surface area contributed by atoms with Crippen molar-refractivity contribution in [1.29, 1.82) is 0 Å². The van der Waals surface area contributed by atoms with Gasteiger partial charge in [-0.3, -0.25) is 9.10 Å². The molecule has 0 radical (unpaired) electrons. The maximum absolute atomic E-state index is 13.2. The smallest absolute Gasteiger partial charge is 0.265 e. The Morgan fingerprint density at radius 1 is 1.10 bits per heavy atom. The Morgan fingerprint density at radius 3 is 2.52 bits per heavy atom. The van der Waals surface area contributed by atoms with Crippen molar-refractivity contribution in [3.05, 3.63) is 53.1 Å². The third-order valence-corrected chi connectivity index (χ3v) is 7.80. The van der Waals surface area contributed by atoms with Gasteiger partial charge in [0.2, 0.25) is 10.0 Å². The Bertz CT molecular complexity index is 1080. The number of halogens is 1. The summed E-state index contributed by atoms with van der Waals surface area (Å²) >= 11 is 6.16. The van der Waals surface area contributed by atoms with E-state index in [9.17, 15) is 13.2 Å². The Morgan fingerprint density at radius 2 is 1.81 bits per heavy atom. The van der Waals surface area contributed by atoms with Crippen molar-refractivity contribution < 1.29 is 17.9 Å². The van der Waals surface area contributed by atoms with Crippen molar-refractivity contribution in [2.45, 2.75) is 20.0 Å². The van der Waals surface area contributed by atoms with Crippen LogP contribution in [0.4, 0.5) is 11.4 Å². The summed E-state index contributed by atoms with van der Waals surface area (Å²) in [6.07, 6.45) is -0.865. The Kier molecular flexibility index (Phi) is 6.03. The number of ether oxygens (including phenoxy) is 1. The largest absolute Gasteiger partial charge is 0.476 e. The molecule has 0 saturated carbocycles. The van der Waals surface area contributed by atoms with E-state index in [1.54, 1.807) is 36.1 Å². The number of hydrogen-bond acceptors (Lipinski definition) is 5. The topological polar surface area (TPSA) is 70.2 Å². The number of anilines is 2. The molecule has 0 N–H and O–H groups in total. The number of piperazine rings is 1. The van der Waals surface area contributed by atoms with Crippen LogP contribution >= 0.6 is 11.6 Å². The van der Waals surface area contributed by atoms with Gasteiger partial charge in [-0.15, -0.1) is 0 Å². The van der Waals surface area contributed by atoms with Gasteiger partial charge in [0.1, 0.15) is 5.75 Å². The van der Waals surface area contributed by atoms with Gasteiger partial charge in [0, 0.05) is 36.9 Å². The number of benzene rings is 2. The number of para-hydroxylation sites is 2. The van der Waals surface area contributed by atoms with E-state index < -0.39 is 16.1 Å². The van der Waals surface area contributed by atoms with Crippen LogP contribution in [0.25, 0.3) is 0 Å². The molecule has 4 rings (SSSR count). The fourth-order valence-corrected chi connectivity index (χ4v) is 5.34. The van der Waals surface area contributed by atoms with Gasteiger partial charge >= 0.3 is 0 Å². The maximum atomic E-state index is 13.2. The first-order valence-electron chi connectivity index (χ1n) is 10.4. The molecule has 1 saturated heterocycles. The van der Waals surface area contributed by atoms with Crippen LogP contribution in [0.15, 0.2) is 42.5 Å². The molecule has 2 heterocycles. The van der Waals surface area contributed by atoms with Gasteiger partial charge in [-0.1, -0.05) is 29.8 Å². The first-order chi connectivity index (χ1) is 14.8. The summed E-state index contributed by atoms with van der Waals surface area (Å²) in [6.45, 7) is 6.04. The third kappa shape index (κ3) is 4.32. The molecule has 0 spiro atoms. The van der Waals surface area contributed by atoms with E-state index >= 15 is 0 Å². The van der Waals surface area contributed by atoms with Crippen LogP contribution in [0, 0.1) is 6.92 Å². The van der Waals surface area contributed by atoms with Gasteiger partial charge in [-0.05, 0) is 43.7 Å². The lowest BCUT2D eigenvalue weighted by molar-refractivity contribution is -0.138. The predicted octanol–water partition coefficient (Wildman–Crippen LogP) is 2.91. The molecule has 2 aromatic rings. The molecule has 0 unspecified atom stereocenters. The summed E-state index contributed by atoms with van der Waals surface area (Å²) in [4.78, 5) is 17.2. The normalized spacial score (nSPS) is 19.1. The van der Waals surface area contributed by atoms with E-state index in [0.29, 0.717) is 42.6 Å².